The van der Waals surface area contributed by atoms with Gasteiger partial charge in [-0.2, -0.15) is 0 Å². The van der Waals surface area contributed by atoms with Crippen molar-refractivity contribution < 1.29 is 138 Å². The molecule has 0 aliphatic carbocycles. The zero-order chi connectivity index (χ0) is 85.2. The van der Waals surface area contributed by atoms with Gasteiger partial charge in [-0.05, 0) is 72.8 Å². The van der Waals surface area contributed by atoms with Gasteiger partial charge in [0, 0.05) is 41.2 Å². The Hall–Kier alpha value is -12.0. The van der Waals surface area contributed by atoms with E-state index in [-0.39, 0.29) is 51.3 Å². The summed E-state index contributed by atoms with van der Waals surface area (Å²) in [5, 5.41) is 16.0. The molecule has 0 amide bonds. The van der Waals surface area contributed by atoms with Crippen LogP contribution in [0.1, 0.15) is 108 Å². The number of carbonyl (C=O) groups is 11. The topological polar surface area (TPSA) is 441 Å². The number of nitrogens with two attached hydrogens (primary N) is 1. The normalized spacial score (nSPS) is 26.3. The molecule has 8 aromatic rings. The Kier molecular flexibility index (Phi) is 29.6. The van der Waals surface area contributed by atoms with Crippen LogP contribution in [0.3, 0.4) is 0 Å². The Morgan fingerprint density at radius 1 is 0.383 bits per heavy atom. The molecule has 36 nitrogen and oxygen atoms in total. The molecule has 19 atom stereocenters. The van der Waals surface area contributed by atoms with Crippen molar-refractivity contribution in [2.24, 2.45) is 5.73 Å². The maximum absolute atomic E-state index is 14.7. The van der Waals surface area contributed by atoms with Crippen LogP contribution in [0.2, 0.25) is 0 Å². The molecular formula is C82H81Cl2N7O29. The fraction of sp³-hybridized carbons (Fsp3) is 0.378. The predicted molar refractivity (Wildman–Crippen MR) is 406 cm³/mol. The van der Waals surface area contributed by atoms with Gasteiger partial charge in [-0.25, -0.2) is 38.1 Å². The summed E-state index contributed by atoms with van der Waals surface area (Å²) in [7, 11) is 0. The summed E-state index contributed by atoms with van der Waals surface area (Å²) in [6, 6.07) is 46.7. The minimum Gasteiger partial charge on any atom is -0.463 e. The van der Waals surface area contributed by atoms with Crippen molar-refractivity contribution in [3.8, 4) is 0 Å². The summed E-state index contributed by atoms with van der Waals surface area (Å²) in [4.78, 5) is 150. The van der Waals surface area contributed by atoms with E-state index in [1.54, 1.807) is 109 Å². The van der Waals surface area contributed by atoms with Crippen LogP contribution in [0, 0.1) is 0 Å². The number of hydrogen-bond acceptors (Lipinski definition) is 34. The first-order valence-corrected chi connectivity index (χ1v) is 38.4. The second kappa shape index (κ2) is 40.7. The lowest BCUT2D eigenvalue weighted by atomic mass is 9.97. The summed E-state index contributed by atoms with van der Waals surface area (Å²) in [5.74, 6) is -13.3. The SMILES string of the molecule is CC(=O)OC[C@H]1O[C@H](O[C@]2(CCl)O[C@H](Cn3cc(CO[C@H]4O[C@H](Cn5cc(CO[C@H]6O[C@H](CN)[C@@H](OC(=O)c7ccccc7)[C@H](OC(=O)c7ccccc7)[C@@H]6OC(=O)c6ccccc6)nn5)[C@@H](OC(=O)c5ccccc5)[C@H](OC(=O)c5ccccc5)[C@@H]4OC(=O)c4ccccc4)nn3)[C@@H](OC(C)=O)[C@@H]2OC(C)=O)[C@H](OC(C)=O)[C@@H](OC(C)=O)[C@H]1Cl. The number of hydrogen-bond donors (Lipinski definition) is 1. The summed E-state index contributed by atoms with van der Waals surface area (Å²) < 4.78 is 113. The van der Waals surface area contributed by atoms with Gasteiger partial charge in [-0.15, -0.1) is 33.4 Å². The highest BCUT2D eigenvalue weighted by Crippen LogP contribution is 2.43. The largest absolute Gasteiger partial charge is 0.463 e. The van der Waals surface area contributed by atoms with Crippen LogP contribution < -0.4 is 5.73 Å². The molecule has 6 heterocycles. The molecule has 4 fully saturated rings. The number of carbonyl (C=O) groups excluding carboxylic acids is 11. The van der Waals surface area contributed by atoms with E-state index >= 15 is 0 Å². The van der Waals surface area contributed by atoms with Crippen LogP contribution in [0.15, 0.2) is 194 Å². The lowest BCUT2D eigenvalue weighted by Crippen LogP contribution is -2.63. The Balaban J connectivity index is 0.865. The van der Waals surface area contributed by atoms with Gasteiger partial charge >= 0.3 is 65.7 Å². The van der Waals surface area contributed by atoms with E-state index in [1.165, 1.54) is 94.6 Å². The number of nitrogens with zero attached hydrogens (tertiary/aromatic N) is 6. The van der Waals surface area contributed by atoms with Gasteiger partial charge in [0.15, 0.2) is 73.6 Å². The second-order valence-electron chi connectivity index (χ2n) is 27.5. The van der Waals surface area contributed by atoms with Crippen molar-refractivity contribution in [3.05, 3.63) is 239 Å². The lowest BCUT2D eigenvalue weighted by molar-refractivity contribution is -0.359. The third-order valence-electron chi connectivity index (χ3n) is 18.8. The molecule has 120 heavy (non-hydrogen) atoms. The van der Waals surface area contributed by atoms with Gasteiger partial charge < -0.3 is 91.0 Å². The predicted octanol–water partition coefficient (Wildman–Crippen LogP) is 6.34. The Morgan fingerprint density at radius 3 is 1.07 bits per heavy atom. The lowest BCUT2D eigenvalue weighted by Gasteiger charge is -2.45. The molecule has 4 aliphatic heterocycles. The van der Waals surface area contributed by atoms with Crippen molar-refractivity contribution >= 4 is 88.9 Å². The van der Waals surface area contributed by atoms with Crippen LogP contribution in [0.5, 0.6) is 0 Å². The van der Waals surface area contributed by atoms with Gasteiger partial charge in [0.1, 0.15) is 47.8 Å². The Labute approximate surface area is 693 Å². The molecule has 0 spiro atoms. The zero-order valence-electron chi connectivity index (χ0n) is 64.7. The molecule has 12 rings (SSSR count). The van der Waals surface area contributed by atoms with Crippen molar-refractivity contribution in [2.45, 2.75) is 176 Å². The number of halogens is 2. The van der Waals surface area contributed by atoms with E-state index in [0.29, 0.717) is 0 Å². The molecule has 2 aromatic heterocycles. The summed E-state index contributed by atoms with van der Waals surface area (Å²) in [5.41, 5.74) is 6.71. The van der Waals surface area contributed by atoms with Gasteiger partial charge in [-0.1, -0.05) is 120 Å². The maximum Gasteiger partial charge on any atom is 0.338 e. The third-order valence-corrected chi connectivity index (χ3v) is 19.7. The molecule has 0 radical (unpaired) electrons. The van der Waals surface area contributed by atoms with E-state index in [9.17, 15) is 52.7 Å². The third kappa shape index (κ3) is 22.1. The number of rotatable bonds is 32. The van der Waals surface area contributed by atoms with Gasteiger partial charge in [0.2, 0.25) is 12.1 Å². The average molecular weight is 1700 g/mol. The van der Waals surface area contributed by atoms with Crippen LogP contribution in [0.4, 0.5) is 0 Å². The fourth-order valence-electron chi connectivity index (χ4n) is 13.5. The molecule has 0 unspecified atom stereocenters. The molecule has 0 bridgehead atoms. The standard InChI is InChI=1S/C82H81Cl2N7O29/c1-45(92)103-43-61-62(84)66(107-47(3)94)69(108-48(4)95)81(112-61)120-82(44-83)72(109-49(5)96)65(106-46(2)93)60(119-82)40-91-38-57(87-89-91)42-105-80-71(118-78(102)55-34-22-11-23-35-55)68(116-76(100)53-30-18-9-19-31-53)64(114-74(98)51-26-14-7-15-27-51)59(111-80)39-90-37-56(86-88-90)41-104-79-70(117-77(101)54-32-20-10-21-33-54)67(115-75(99)52-28-16-8-17-29-52)63(58(36-85)110-79)113-73(97)50-24-12-6-13-25-50/h6-35,37-38,58-72,79-81H,36,39-44,85H2,1-5H3/t58-,59-,60-,61-,62+,63-,64-,65-,66+,67+,68+,69-,70+,71+,72+,79+,80+,81-,82+/m1/s1. The minimum atomic E-state index is -2.43. The van der Waals surface area contributed by atoms with Crippen molar-refractivity contribution in [2.75, 3.05) is 19.0 Å². The van der Waals surface area contributed by atoms with Crippen LogP contribution in [-0.2, 0) is 136 Å². The van der Waals surface area contributed by atoms with E-state index < -0.39 is 220 Å². The first-order chi connectivity index (χ1) is 57.8. The highest BCUT2D eigenvalue weighted by Gasteiger charge is 2.64. The molecule has 4 saturated heterocycles. The van der Waals surface area contributed by atoms with E-state index in [4.69, 9.17) is 114 Å². The first kappa shape index (κ1) is 87.3. The molecular weight excluding hydrogens is 1620 g/mol. The number of esters is 11. The smallest absolute Gasteiger partial charge is 0.338 e. The van der Waals surface area contributed by atoms with Crippen LogP contribution >= 0.6 is 23.2 Å². The van der Waals surface area contributed by atoms with E-state index in [1.807, 2.05) is 0 Å². The Morgan fingerprint density at radius 2 is 0.708 bits per heavy atom. The minimum absolute atomic E-state index is 0.00462. The first-order valence-electron chi connectivity index (χ1n) is 37.5. The van der Waals surface area contributed by atoms with Crippen molar-refractivity contribution in [1.29, 1.82) is 0 Å². The van der Waals surface area contributed by atoms with Gasteiger partial charge in [0.05, 0.1) is 78.0 Å². The fourth-order valence-corrected chi connectivity index (χ4v) is 14.1. The molecule has 38 heteroatoms. The van der Waals surface area contributed by atoms with Crippen molar-refractivity contribution in [3.63, 3.8) is 0 Å². The number of benzene rings is 6. The number of ether oxygens (including phenoxy) is 18. The van der Waals surface area contributed by atoms with Crippen molar-refractivity contribution in [1.82, 2.24) is 30.0 Å². The maximum atomic E-state index is 14.7. The molecule has 0 saturated carbocycles. The molecule has 4 aliphatic rings. The van der Waals surface area contributed by atoms with Gasteiger partial charge in [-0.3, -0.25) is 24.0 Å². The Bertz CT molecular complexity index is 4870. The van der Waals surface area contributed by atoms with Gasteiger partial charge in [0.25, 0.3) is 0 Å². The van der Waals surface area contributed by atoms with E-state index in [0.717, 1.165) is 34.6 Å². The summed E-state index contributed by atoms with van der Waals surface area (Å²) in [6.07, 6.45) is -25.4. The van der Waals surface area contributed by atoms with Crippen LogP contribution in [0.25, 0.3) is 0 Å². The zero-order valence-corrected chi connectivity index (χ0v) is 66.2. The van der Waals surface area contributed by atoms with E-state index in [2.05, 4.69) is 20.6 Å². The second-order valence-corrected chi connectivity index (χ2v) is 28.3. The summed E-state index contributed by atoms with van der Waals surface area (Å²) >= 11 is 13.6. The highest BCUT2D eigenvalue weighted by atomic mass is 35.5. The molecule has 6 aromatic carbocycles. The average Bonchev–Trinajstić information content (AvgIpc) is 1.57. The molecule has 632 valence electrons. The molecule has 2 N–H and O–H groups in total. The number of alkyl halides is 2. The van der Waals surface area contributed by atoms with Crippen LogP contribution in [-0.4, -0.2) is 230 Å². The highest BCUT2D eigenvalue weighted by molar-refractivity contribution is 6.21. The monoisotopic (exact) mass is 1700 g/mol. The summed E-state index contributed by atoms with van der Waals surface area (Å²) in [6.45, 7) is 2.30. The quantitative estimate of drug-likeness (QED) is 0.0273. The number of aromatic nitrogens is 6.